The molecular weight excluding hydrogens is 326 g/mol. The summed E-state index contributed by atoms with van der Waals surface area (Å²) in [5, 5.41) is 12.2. The van der Waals surface area contributed by atoms with E-state index in [0.717, 1.165) is 42.1 Å². The maximum Gasteiger partial charge on any atom is 0.274 e. The number of aromatic nitrogens is 2. The maximum absolute atomic E-state index is 12.7. The molecule has 2 heterocycles. The number of H-pyrrole nitrogens is 1. The molecule has 3 N–H and O–H groups in total. The van der Waals surface area contributed by atoms with Gasteiger partial charge in [0.15, 0.2) is 0 Å². The van der Waals surface area contributed by atoms with Crippen LogP contribution in [0.15, 0.2) is 53.3 Å². The van der Waals surface area contributed by atoms with E-state index in [0.29, 0.717) is 12.1 Å². The van der Waals surface area contributed by atoms with Crippen molar-refractivity contribution in [2.24, 2.45) is 0 Å². The molecule has 3 aromatic rings. The van der Waals surface area contributed by atoms with Gasteiger partial charge < -0.3 is 5.73 Å². The van der Waals surface area contributed by atoms with Crippen LogP contribution in [-0.4, -0.2) is 21.2 Å². The van der Waals surface area contributed by atoms with Gasteiger partial charge in [-0.2, -0.15) is 5.26 Å². The first-order valence-corrected chi connectivity index (χ1v) is 8.54. The fourth-order valence-electron chi connectivity index (χ4n) is 3.43. The lowest BCUT2D eigenvalue weighted by atomic mass is 10.1. The molecule has 6 nitrogen and oxygen atoms in total. The van der Waals surface area contributed by atoms with Crippen molar-refractivity contribution in [2.75, 3.05) is 12.3 Å². The van der Waals surface area contributed by atoms with E-state index < -0.39 is 0 Å². The number of benzene rings is 2. The molecule has 4 rings (SSSR count). The fourth-order valence-corrected chi connectivity index (χ4v) is 3.43. The average molecular weight is 345 g/mol. The number of nitriles is 1. The average Bonchev–Trinajstić information content (AvgIpc) is 2.98. The first-order chi connectivity index (χ1) is 12.6. The molecule has 0 fully saturated rings. The molecular formula is C20H19N5O. The van der Waals surface area contributed by atoms with Gasteiger partial charge in [-0.1, -0.05) is 12.1 Å². The largest absolute Gasteiger partial charge is 0.399 e. The molecule has 0 atom stereocenters. The standard InChI is InChI=1S/C20H19N5O/c21-11-14-4-6-17(7-5-14)25-20(26)18-8-9-24(13-19(18)23-25)12-15-2-1-3-16(22)10-15/h1-7,10,23H,8-9,12-13,22H2. The van der Waals surface area contributed by atoms with E-state index in [4.69, 9.17) is 11.0 Å². The number of fused-ring (bicyclic) bond motifs is 1. The minimum absolute atomic E-state index is 0.00619. The molecule has 0 unspecified atom stereocenters. The second-order valence-corrected chi connectivity index (χ2v) is 6.57. The molecule has 0 spiro atoms. The van der Waals surface area contributed by atoms with E-state index in [1.807, 2.05) is 18.2 Å². The lowest BCUT2D eigenvalue weighted by Crippen LogP contribution is -2.31. The molecule has 6 heteroatoms. The van der Waals surface area contributed by atoms with Crippen molar-refractivity contribution in [1.29, 1.82) is 5.26 Å². The SMILES string of the molecule is N#Cc1ccc(-n2[nH]c3c(c2=O)CCN(Cc2cccc(N)c2)C3)cc1. The maximum atomic E-state index is 12.7. The molecule has 0 bridgehead atoms. The van der Waals surface area contributed by atoms with Gasteiger partial charge in [0, 0.05) is 30.9 Å². The highest BCUT2D eigenvalue weighted by molar-refractivity contribution is 5.41. The van der Waals surface area contributed by atoms with Crippen molar-refractivity contribution in [1.82, 2.24) is 14.7 Å². The summed E-state index contributed by atoms with van der Waals surface area (Å²) in [5.41, 5.74) is 10.9. The monoisotopic (exact) mass is 345 g/mol. The van der Waals surface area contributed by atoms with Crippen LogP contribution in [0, 0.1) is 11.3 Å². The van der Waals surface area contributed by atoms with E-state index in [9.17, 15) is 4.79 Å². The fraction of sp³-hybridized carbons (Fsp3) is 0.200. The quantitative estimate of drug-likeness (QED) is 0.712. The molecule has 26 heavy (non-hydrogen) atoms. The summed E-state index contributed by atoms with van der Waals surface area (Å²) in [7, 11) is 0. The van der Waals surface area contributed by atoms with Crippen LogP contribution < -0.4 is 11.3 Å². The first kappa shape index (κ1) is 16.2. The second kappa shape index (κ2) is 6.54. The molecule has 0 radical (unpaired) electrons. The number of anilines is 1. The summed E-state index contributed by atoms with van der Waals surface area (Å²) in [6, 6.07) is 17.0. The van der Waals surface area contributed by atoms with Gasteiger partial charge in [-0.25, -0.2) is 4.68 Å². The summed E-state index contributed by atoms with van der Waals surface area (Å²) in [5.74, 6) is 0. The molecule has 2 aromatic carbocycles. The number of nitrogen functional groups attached to an aromatic ring is 1. The van der Waals surface area contributed by atoms with Crippen molar-refractivity contribution in [3.63, 3.8) is 0 Å². The zero-order valence-electron chi connectivity index (χ0n) is 14.3. The van der Waals surface area contributed by atoms with Gasteiger partial charge in [0.05, 0.1) is 23.0 Å². The molecule has 0 saturated heterocycles. The van der Waals surface area contributed by atoms with Crippen LogP contribution in [0.3, 0.4) is 0 Å². The number of aromatic amines is 1. The Labute approximate surface area is 151 Å². The van der Waals surface area contributed by atoms with Crippen LogP contribution in [0.2, 0.25) is 0 Å². The number of hydrogen-bond donors (Lipinski definition) is 2. The highest BCUT2D eigenvalue weighted by Gasteiger charge is 2.23. The van der Waals surface area contributed by atoms with Crippen molar-refractivity contribution < 1.29 is 0 Å². The van der Waals surface area contributed by atoms with Gasteiger partial charge in [0.1, 0.15) is 0 Å². The number of nitrogens with zero attached hydrogens (tertiary/aromatic N) is 3. The predicted molar refractivity (Wildman–Crippen MR) is 99.8 cm³/mol. The normalized spacial score (nSPS) is 14.0. The molecule has 1 aliphatic rings. The van der Waals surface area contributed by atoms with E-state index in [1.54, 1.807) is 28.9 Å². The van der Waals surface area contributed by atoms with E-state index >= 15 is 0 Å². The van der Waals surface area contributed by atoms with Crippen LogP contribution in [0.5, 0.6) is 0 Å². The zero-order valence-corrected chi connectivity index (χ0v) is 14.3. The topological polar surface area (TPSA) is 90.8 Å². The Balaban J connectivity index is 1.58. The van der Waals surface area contributed by atoms with Gasteiger partial charge in [-0.15, -0.1) is 0 Å². The highest BCUT2D eigenvalue weighted by Crippen LogP contribution is 2.19. The van der Waals surface area contributed by atoms with Gasteiger partial charge in [-0.3, -0.25) is 14.8 Å². The summed E-state index contributed by atoms with van der Waals surface area (Å²) in [4.78, 5) is 15.0. The molecule has 1 aliphatic heterocycles. The van der Waals surface area contributed by atoms with Gasteiger partial charge >= 0.3 is 0 Å². The molecule has 0 amide bonds. The Bertz CT molecular complexity index is 1040. The van der Waals surface area contributed by atoms with Crippen molar-refractivity contribution in [3.05, 3.63) is 81.3 Å². The van der Waals surface area contributed by atoms with Crippen LogP contribution in [0.4, 0.5) is 5.69 Å². The molecule has 0 saturated carbocycles. The minimum Gasteiger partial charge on any atom is -0.399 e. The molecule has 130 valence electrons. The number of nitrogens with two attached hydrogens (primary N) is 1. The second-order valence-electron chi connectivity index (χ2n) is 6.57. The van der Waals surface area contributed by atoms with E-state index in [-0.39, 0.29) is 5.56 Å². The van der Waals surface area contributed by atoms with Crippen LogP contribution >= 0.6 is 0 Å². The Morgan fingerprint density at radius 3 is 2.73 bits per heavy atom. The lowest BCUT2D eigenvalue weighted by molar-refractivity contribution is 0.242. The summed E-state index contributed by atoms with van der Waals surface area (Å²) >= 11 is 0. The number of hydrogen-bond acceptors (Lipinski definition) is 4. The third-order valence-electron chi connectivity index (χ3n) is 4.74. The smallest absolute Gasteiger partial charge is 0.274 e. The highest BCUT2D eigenvalue weighted by atomic mass is 16.1. The number of nitrogens with one attached hydrogen (secondary N) is 1. The van der Waals surface area contributed by atoms with Crippen molar-refractivity contribution in [2.45, 2.75) is 19.5 Å². The lowest BCUT2D eigenvalue weighted by Gasteiger charge is -2.26. The van der Waals surface area contributed by atoms with E-state index in [1.165, 1.54) is 5.56 Å². The zero-order chi connectivity index (χ0) is 18.1. The Morgan fingerprint density at radius 2 is 2.00 bits per heavy atom. The van der Waals surface area contributed by atoms with Crippen molar-refractivity contribution in [3.8, 4) is 11.8 Å². The Kier molecular flexibility index (Phi) is 4.07. The molecule has 0 aliphatic carbocycles. The summed E-state index contributed by atoms with van der Waals surface area (Å²) in [6.45, 7) is 2.33. The Hall–Kier alpha value is -3.30. The summed E-state index contributed by atoms with van der Waals surface area (Å²) in [6.07, 6.45) is 0.719. The van der Waals surface area contributed by atoms with Gasteiger partial charge in [0.2, 0.25) is 0 Å². The van der Waals surface area contributed by atoms with Crippen molar-refractivity contribution >= 4 is 5.69 Å². The van der Waals surface area contributed by atoms with Gasteiger partial charge in [-0.05, 0) is 48.4 Å². The third kappa shape index (κ3) is 3.01. The van der Waals surface area contributed by atoms with Crippen LogP contribution in [0.1, 0.15) is 22.4 Å². The minimum atomic E-state index is -0.00619. The number of rotatable bonds is 3. The molecule has 1 aromatic heterocycles. The third-order valence-corrected chi connectivity index (χ3v) is 4.74. The van der Waals surface area contributed by atoms with Gasteiger partial charge in [0.25, 0.3) is 5.56 Å². The van der Waals surface area contributed by atoms with Crippen LogP contribution in [0.25, 0.3) is 5.69 Å². The Morgan fingerprint density at radius 1 is 1.19 bits per heavy atom. The predicted octanol–water partition coefficient (Wildman–Crippen LogP) is 2.18. The first-order valence-electron chi connectivity index (χ1n) is 8.54. The summed E-state index contributed by atoms with van der Waals surface area (Å²) < 4.78 is 1.57. The van der Waals surface area contributed by atoms with E-state index in [2.05, 4.69) is 22.1 Å². The van der Waals surface area contributed by atoms with Crippen LogP contribution in [-0.2, 0) is 19.5 Å².